The lowest BCUT2D eigenvalue weighted by Gasteiger charge is -2.19. The van der Waals surface area contributed by atoms with Gasteiger partial charge in [0.25, 0.3) is 5.91 Å². The molecule has 22 heavy (non-hydrogen) atoms. The van der Waals surface area contributed by atoms with Gasteiger partial charge in [-0.05, 0) is 55.4 Å². The quantitative estimate of drug-likeness (QED) is 0.916. The van der Waals surface area contributed by atoms with E-state index in [1.165, 1.54) is 0 Å². The lowest BCUT2D eigenvalue weighted by Crippen LogP contribution is -2.36. The number of benzene rings is 1. The van der Waals surface area contributed by atoms with E-state index in [2.05, 4.69) is 0 Å². The Morgan fingerprint density at radius 2 is 2.18 bits per heavy atom. The predicted octanol–water partition coefficient (Wildman–Crippen LogP) is 2.64. The number of nitrogens with two attached hydrogens (primary N) is 1. The molecule has 0 bridgehead atoms. The molecule has 1 amide bonds. The molecule has 1 heterocycles. The zero-order valence-electron chi connectivity index (χ0n) is 12.6. The Kier molecular flexibility index (Phi) is 5.59. The molecule has 2 aliphatic rings. The molecule has 2 fully saturated rings. The van der Waals surface area contributed by atoms with Gasteiger partial charge in [0.1, 0.15) is 5.75 Å². The number of amides is 1. The van der Waals surface area contributed by atoms with Gasteiger partial charge in [-0.2, -0.15) is 0 Å². The molecule has 1 aromatic rings. The van der Waals surface area contributed by atoms with E-state index in [1.807, 2.05) is 17.9 Å². The van der Waals surface area contributed by atoms with Crippen LogP contribution in [-0.2, 0) is 4.79 Å². The molecule has 3 unspecified atom stereocenters. The van der Waals surface area contributed by atoms with Crippen LogP contribution in [0.3, 0.4) is 0 Å². The standard InChI is InChI=1S/C16H21ClN2O2.ClH/c1-10-6-12(17)3-5-15(10)21-9-16(20)19-7-11-2-4-14(18)13(11)8-19;/h3,5-6,11,13-14H,2,4,7-9,18H2,1H3;1H. The summed E-state index contributed by atoms with van der Waals surface area (Å²) in [6.45, 7) is 3.62. The summed E-state index contributed by atoms with van der Waals surface area (Å²) < 4.78 is 5.63. The van der Waals surface area contributed by atoms with Crippen LogP contribution in [0.2, 0.25) is 5.02 Å². The highest BCUT2D eigenvalue weighted by molar-refractivity contribution is 6.30. The summed E-state index contributed by atoms with van der Waals surface area (Å²) in [6.07, 6.45) is 2.24. The van der Waals surface area contributed by atoms with E-state index in [1.54, 1.807) is 12.1 Å². The fraction of sp³-hybridized carbons (Fsp3) is 0.562. The van der Waals surface area contributed by atoms with Gasteiger partial charge in [-0.25, -0.2) is 0 Å². The third-order valence-corrected chi connectivity index (χ3v) is 4.99. The Labute approximate surface area is 142 Å². The van der Waals surface area contributed by atoms with Crippen LogP contribution in [-0.4, -0.2) is 36.5 Å². The highest BCUT2D eigenvalue weighted by Crippen LogP contribution is 2.37. The van der Waals surface area contributed by atoms with Crippen LogP contribution in [0.25, 0.3) is 0 Å². The molecule has 1 saturated carbocycles. The monoisotopic (exact) mass is 344 g/mol. The number of ether oxygens (including phenoxy) is 1. The lowest BCUT2D eigenvalue weighted by atomic mass is 9.98. The SMILES string of the molecule is Cc1cc(Cl)ccc1OCC(=O)N1CC2CCC(N)C2C1.Cl. The Morgan fingerprint density at radius 3 is 2.86 bits per heavy atom. The van der Waals surface area contributed by atoms with E-state index in [-0.39, 0.29) is 31.0 Å². The first-order chi connectivity index (χ1) is 10.0. The van der Waals surface area contributed by atoms with E-state index in [0.29, 0.717) is 22.6 Å². The fourth-order valence-electron chi connectivity index (χ4n) is 3.52. The Balaban J connectivity index is 0.00000176. The number of fused-ring (bicyclic) bond motifs is 1. The van der Waals surface area contributed by atoms with Crippen molar-refractivity contribution in [1.82, 2.24) is 4.90 Å². The van der Waals surface area contributed by atoms with Crippen molar-refractivity contribution in [1.29, 1.82) is 0 Å². The highest BCUT2D eigenvalue weighted by Gasteiger charge is 2.42. The van der Waals surface area contributed by atoms with Crippen molar-refractivity contribution in [3.05, 3.63) is 28.8 Å². The zero-order chi connectivity index (χ0) is 15.0. The normalized spacial score (nSPS) is 26.5. The maximum absolute atomic E-state index is 12.3. The second-order valence-corrected chi connectivity index (χ2v) is 6.60. The molecular formula is C16H22Cl2N2O2. The number of halogens is 2. The fourth-order valence-corrected chi connectivity index (χ4v) is 3.74. The molecule has 1 saturated heterocycles. The summed E-state index contributed by atoms with van der Waals surface area (Å²) in [4.78, 5) is 14.2. The molecule has 6 heteroatoms. The smallest absolute Gasteiger partial charge is 0.260 e. The number of nitrogens with zero attached hydrogens (tertiary/aromatic N) is 1. The second-order valence-electron chi connectivity index (χ2n) is 6.16. The number of likely N-dealkylation sites (tertiary alicyclic amines) is 1. The topological polar surface area (TPSA) is 55.6 Å². The van der Waals surface area contributed by atoms with Crippen molar-refractivity contribution in [3.63, 3.8) is 0 Å². The van der Waals surface area contributed by atoms with Crippen LogP contribution in [0.4, 0.5) is 0 Å². The zero-order valence-corrected chi connectivity index (χ0v) is 14.2. The molecule has 1 aliphatic heterocycles. The van der Waals surface area contributed by atoms with E-state index in [0.717, 1.165) is 31.5 Å². The minimum Gasteiger partial charge on any atom is -0.483 e. The molecule has 1 aliphatic carbocycles. The van der Waals surface area contributed by atoms with Gasteiger partial charge in [0, 0.05) is 24.2 Å². The van der Waals surface area contributed by atoms with Crippen LogP contribution in [0, 0.1) is 18.8 Å². The molecule has 1 aromatic carbocycles. The number of hydrogen-bond acceptors (Lipinski definition) is 3. The Morgan fingerprint density at radius 1 is 1.41 bits per heavy atom. The van der Waals surface area contributed by atoms with Crippen LogP contribution in [0.5, 0.6) is 5.75 Å². The van der Waals surface area contributed by atoms with Crippen LogP contribution < -0.4 is 10.5 Å². The molecule has 3 atom stereocenters. The highest BCUT2D eigenvalue weighted by atomic mass is 35.5. The summed E-state index contributed by atoms with van der Waals surface area (Å²) in [5.74, 6) is 1.82. The number of rotatable bonds is 3. The Hall–Kier alpha value is -0.970. The minimum atomic E-state index is 0. The molecule has 122 valence electrons. The van der Waals surface area contributed by atoms with E-state index < -0.39 is 0 Å². The third-order valence-electron chi connectivity index (χ3n) is 4.75. The third kappa shape index (κ3) is 3.50. The molecule has 3 rings (SSSR count). The van der Waals surface area contributed by atoms with Gasteiger partial charge >= 0.3 is 0 Å². The predicted molar refractivity (Wildman–Crippen MR) is 89.7 cm³/mol. The summed E-state index contributed by atoms with van der Waals surface area (Å²) in [7, 11) is 0. The lowest BCUT2D eigenvalue weighted by molar-refractivity contribution is -0.132. The van der Waals surface area contributed by atoms with Crippen molar-refractivity contribution in [2.24, 2.45) is 17.6 Å². The largest absolute Gasteiger partial charge is 0.483 e. The first-order valence-electron chi connectivity index (χ1n) is 7.47. The van der Waals surface area contributed by atoms with Crippen molar-refractivity contribution < 1.29 is 9.53 Å². The van der Waals surface area contributed by atoms with Gasteiger partial charge in [-0.15, -0.1) is 12.4 Å². The van der Waals surface area contributed by atoms with E-state index in [9.17, 15) is 4.79 Å². The first kappa shape index (κ1) is 17.4. The number of hydrogen-bond donors (Lipinski definition) is 1. The van der Waals surface area contributed by atoms with E-state index in [4.69, 9.17) is 22.1 Å². The second kappa shape index (κ2) is 7.07. The summed E-state index contributed by atoms with van der Waals surface area (Å²) >= 11 is 5.91. The maximum atomic E-state index is 12.3. The Bertz CT molecular complexity index is 553. The summed E-state index contributed by atoms with van der Waals surface area (Å²) in [5.41, 5.74) is 7.04. The molecule has 0 radical (unpaired) electrons. The maximum Gasteiger partial charge on any atom is 0.260 e. The van der Waals surface area contributed by atoms with Gasteiger partial charge in [0.05, 0.1) is 0 Å². The van der Waals surface area contributed by atoms with Crippen LogP contribution in [0.1, 0.15) is 18.4 Å². The van der Waals surface area contributed by atoms with Crippen molar-refractivity contribution in [2.75, 3.05) is 19.7 Å². The van der Waals surface area contributed by atoms with Gasteiger partial charge in [0.15, 0.2) is 6.61 Å². The van der Waals surface area contributed by atoms with E-state index >= 15 is 0 Å². The summed E-state index contributed by atoms with van der Waals surface area (Å²) in [5, 5.41) is 0.674. The van der Waals surface area contributed by atoms with Crippen molar-refractivity contribution in [3.8, 4) is 5.75 Å². The molecule has 0 aromatic heterocycles. The van der Waals surface area contributed by atoms with Gasteiger partial charge < -0.3 is 15.4 Å². The average molecular weight is 345 g/mol. The van der Waals surface area contributed by atoms with Crippen LogP contribution >= 0.6 is 24.0 Å². The number of carbonyl (C=O) groups is 1. The van der Waals surface area contributed by atoms with Crippen molar-refractivity contribution >= 4 is 29.9 Å². The van der Waals surface area contributed by atoms with Gasteiger partial charge in [0.2, 0.25) is 0 Å². The first-order valence-corrected chi connectivity index (χ1v) is 7.84. The average Bonchev–Trinajstić information content (AvgIpc) is 3.00. The van der Waals surface area contributed by atoms with Gasteiger partial charge in [-0.3, -0.25) is 4.79 Å². The summed E-state index contributed by atoms with van der Waals surface area (Å²) in [6, 6.07) is 5.67. The number of aryl methyl sites for hydroxylation is 1. The molecule has 0 spiro atoms. The molecule has 2 N–H and O–H groups in total. The number of carbonyl (C=O) groups excluding carboxylic acids is 1. The molecular weight excluding hydrogens is 323 g/mol. The van der Waals surface area contributed by atoms with Crippen molar-refractivity contribution in [2.45, 2.75) is 25.8 Å². The molecule has 4 nitrogen and oxygen atoms in total. The van der Waals surface area contributed by atoms with Gasteiger partial charge in [-0.1, -0.05) is 11.6 Å². The van der Waals surface area contributed by atoms with Crippen LogP contribution in [0.15, 0.2) is 18.2 Å². The minimum absolute atomic E-state index is 0.